The van der Waals surface area contributed by atoms with Crippen molar-refractivity contribution in [1.82, 2.24) is 9.97 Å². The van der Waals surface area contributed by atoms with E-state index in [0.29, 0.717) is 0 Å². The van der Waals surface area contributed by atoms with Gasteiger partial charge >= 0.3 is 0 Å². The molecule has 23 heavy (non-hydrogen) atoms. The Morgan fingerprint density at radius 2 is 1.61 bits per heavy atom. The predicted molar refractivity (Wildman–Crippen MR) is 94.5 cm³/mol. The van der Waals surface area contributed by atoms with Crippen LogP contribution in [0.15, 0.2) is 30.3 Å². The van der Waals surface area contributed by atoms with Gasteiger partial charge in [-0.25, -0.2) is 14.4 Å². The number of nitrogens with zero attached hydrogens (tertiary/aromatic N) is 3. The van der Waals surface area contributed by atoms with E-state index in [9.17, 15) is 4.39 Å². The highest BCUT2D eigenvalue weighted by Crippen LogP contribution is 2.24. The van der Waals surface area contributed by atoms with Crippen LogP contribution >= 0.6 is 11.6 Å². The highest BCUT2D eigenvalue weighted by molar-refractivity contribution is 6.28. The summed E-state index contributed by atoms with van der Waals surface area (Å²) in [5.41, 5.74) is 1.56. The number of halogens is 2. The van der Waals surface area contributed by atoms with Gasteiger partial charge in [0.25, 0.3) is 0 Å². The van der Waals surface area contributed by atoms with Crippen molar-refractivity contribution in [3.05, 3.63) is 41.4 Å². The lowest BCUT2D eigenvalue weighted by Gasteiger charge is -2.24. The number of unbranched alkanes of at least 4 members (excludes halogenated alkanes) is 2. The van der Waals surface area contributed by atoms with Gasteiger partial charge in [-0.15, -0.1) is 0 Å². The van der Waals surface area contributed by atoms with Crippen molar-refractivity contribution in [2.24, 2.45) is 0 Å². The van der Waals surface area contributed by atoms with Crippen molar-refractivity contribution in [2.45, 2.75) is 39.5 Å². The number of hydrogen-bond acceptors (Lipinski definition) is 3. The summed E-state index contributed by atoms with van der Waals surface area (Å²) in [5, 5.41) is 0.222. The summed E-state index contributed by atoms with van der Waals surface area (Å²) in [6.45, 7) is 6.25. The molecule has 5 heteroatoms. The molecule has 0 amide bonds. The van der Waals surface area contributed by atoms with E-state index < -0.39 is 0 Å². The molecule has 0 bridgehead atoms. The molecule has 124 valence electrons. The quantitative estimate of drug-likeness (QED) is 0.609. The third-order valence-electron chi connectivity index (χ3n) is 3.71. The molecule has 0 radical (unpaired) electrons. The predicted octanol–water partition coefficient (Wildman–Crippen LogP) is 5.34. The Hall–Kier alpha value is -1.68. The van der Waals surface area contributed by atoms with Gasteiger partial charge in [-0.3, -0.25) is 0 Å². The molecule has 3 nitrogen and oxygen atoms in total. The molecule has 1 heterocycles. The van der Waals surface area contributed by atoms with Crippen molar-refractivity contribution < 1.29 is 4.39 Å². The number of aromatic nitrogens is 2. The first kappa shape index (κ1) is 17.7. The maximum Gasteiger partial charge on any atom is 0.224 e. The summed E-state index contributed by atoms with van der Waals surface area (Å²) < 4.78 is 13.1. The van der Waals surface area contributed by atoms with Gasteiger partial charge in [-0.05, 0) is 48.7 Å². The fourth-order valence-corrected chi connectivity index (χ4v) is 2.55. The number of rotatable bonds is 8. The van der Waals surface area contributed by atoms with Crippen molar-refractivity contribution >= 4 is 17.4 Å². The van der Waals surface area contributed by atoms with Crippen LogP contribution in [0.25, 0.3) is 11.3 Å². The Kier molecular flexibility index (Phi) is 6.78. The Balaban J connectivity index is 2.31. The van der Waals surface area contributed by atoms with E-state index in [2.05, 4.69) is 28.7 Å². The molecule has 0 unspecified atom stereocenters. The van der Waals surface area contributed by atoms with Crippen molar-refractivity contribution in [3.63, 3.8) is 0 Å². The van der Waals surface area contributed by atoms with E-state index in [1.807, 2.05) is 6.07 Å². The van der Waals surface area contributed by atoms with Gasteiger partial charge in [0.1, 0.15) is 11.6 Å². The Morgan fingerprint density at radius 1 is 1.00 bits per heavy atom. The maximum atomic E-state index is 13.1. The summed E-state index contributed by atoms with van der Waals surface area (Å²) in [5.74, 6) is 0.577. The van der Waals surface area contributed by atoms with Crippen LogP contribution in [-0.4, -0.2) is 23.1 Å². The minimum absolute atomic E-state index is 0.222. The molecule has 1 aromatic carbocycles. The summed E-state index contributed by atoms with van der Waals surface area (Å²) in [4.78, 5) is 10.9. The topological polar surface area (TPSA) is 29.0 Å². The molecule has 2 aromatic rings. The molecule has 0 aliphatic heterocycles. The zero-order valence-electron chi connectivity index (χ0n) is 13.7. The van der Waals surface area contributed by atoms with E-state index in [0.717, 1.165) is 55.8 Å². The highest BCUT2D eigenvalue weighted by atomic mass is 35.5. The van der Waals surface area contributed by atoms with Crippen molar-refractivity contribution in [3.8, 4) is 11.3 Å². The fourth-order valence-electron chi connectivity index (χ4n) is 2.38. The molecular formula is C18H23ClFN3. The Labute approximate surface area is 142 Å². The van der Waals surface area contributed by atoms with Gasteiger partial charge in [0.2, 0.25) is 5.28 Å². The molecule has 0 saturated heterocycles. The average Bonchev–Trinajstić information content (AvgIpc) is 2.55. The monoisotopic (exact) mass is 335 g/mol. The van der Waals surface area contributed by atoms with Crippen LogP contribution in [-0.2, 0) is 0 Å². The highest BCUT2D eigenvalue weighted by Gasteiger charge is 2.12. The average molecular weight is 336 g/mol. The van der Waals surface area contributed by atoms with Crippen LogP contribution < -0.4 is 4.90 Å². The van der Waals surface area contributed by atoms with E-state index in [-0.39, 0.29) is 11.1 Å². The molecular weight excluding hydrogens is 313 g/mol. The molecule has 2 rings (SSSR count). The lowest BCUT2D eigenvalue weighted by molar-refractivity contribution is 0.628. The minimum Gasteiger partial charge on any atom is -0.356 e. The van der Waals surface area contributed by atoms with Gasteiger partial charge in [-0.1, -0.05) is 26.7 Å². The second-order valence-corrected chi connectivity index (χ2v) is 5.92. The Morgan fingerprint density at radius 3 is 2.17 bits per heavy atom. The van der Waals surface area contributed by atoms with Gasteiger partial charge in [0.05, 0.1) is 5.69 Å². The van der Waals surface area contributed by atoms with Gasteiger partial charge < -0.3 is 4.90 Å². The van der Waals surface area contributed by atoms with Gasteiger partial charge in [-0.2, -0.15) is 0 Å². The number of benzene rings is 1. The normalized spacial score (nSPS) is 10.8. The van der Waals surface area contributed by atoms with Crippen molar-refractivity contribution in [2.75, 3.05) is 18.0 Å². The van der Waals surface area contributed by atoms with Crippen LogP contribution in [0.4, 0.5) is 10.2 Å². The van der Waals surface area contributed by atoms with Crippen LogP contribution in [0.3, 0.4) is 0 Å². The third-order valence-corrected chi connectivity index (χ3v) is 3.88. The van der Waals surface area contributed by atoms with Crippen LogP contribution in [0, 0.1) is 5.82 Å². The van der Waals surface area contributed by atoms with E-state index in [4.69, 9.17) is 11.6 Å². The number of anilines is 1. The first-order chi connectivity index (χ1) is 11.1. The first-order valence-corrected chi connectivity index (χ1v) is 8.57. The summed E-state index contributed by atoms with van der Waals surface area (Å²) in [6, 6.07) is 8.21. The molecule has 0 atom stereocenters. The van der Waals surface area contributed by atoms with Crippen LogP contribution in [0.5, 0.6) is 0 Å². The first-order valence-electron chi connectivity index (χ1n) is 8.19. The van der Waals surface area contributed by atoms with Crippen LogP contribution in [0.2, 0.25) is 5.28 Å². The minimum atomic E-state index is -0.262. The van der Waals surface area contributed by atoms with E-state index in [1.165, 1.54) is 12.1 Å². The second-order valence-electron chi connectivity index (χ2n) is 5.58. The summed E-state index contributed by atoms with van der Waals surface area (Å²) in [7, 11) is 0. The molecule has 0 N–H and O–H groups in total. The summed E-state index contributed by atoms with van der Waals surface area (Å²) in [6.07, 6.45) is 4.48. The fraction of sp³-hybridized carbons (Fsp3) is 0.444. The molecule has 0 aliphatic rings. The second kappa shape index (κ2) is 8.82. The van der Waals surface area contributed by atoms with Gasteiger partial charge in [0.15, 0.2) is 0 Å². The SMILES string of the molecule is CCCCN(CCCC)c1cc(-c2ccc(F)cc2)nc(Cl)n1. The molecule has 0 fully saturated rings. The Bertz CT molecular complexity index is 608. The maximum absolute atomic E-state index is 13.1. The lowest BCUT2D eigenvalue weighted by Crippen LogP contribution is -2.26. The zero-order chi connectivity index (χ0) is 16.7. The molecule has 0 aliphatic carbocycles. The number of hydrogen-bond donors (Lipinski definition) is 0. The largest absolute Gasteiger partial charge is 0.356 e. The van der Waals surface area contributed by atoms with E-state index in [1.54, 1.807) is 12.1 Å². The standard InChI is InChI=1S/C18H23ClFN3/c1-3-5-11-23(12-6-4-2)17-13-16(21-18(19)22-17)14-7-9-15(20)10-8-14/h7-10,13H,3-6,11-12H2,1-2H3. The van der Waals surface area contributed by atoms with Crippen molar-refractivity contribution in [1.29, 1.82) is 0 Å². The molecule has 0 spiro atoms. The van der Waals surface area contributed by atoms with Crippen LogP contribution in [0.1, 0.15) is 39.5 Å². The molecule has 1 aromatic heterocycles. The summed E-state index contributed by atoms with van der Waals surface area (Å²) >= 11 is 6.12. The smallest absolute Gasteiger partial charge is 0.224 e. The van der Waals surface area contributed by atoms with E-state index >= 15 is 0 Å². The van der Waals surface area contributed by atoms with Gasteiger partial charge in [0, 0.05) is 24.7 Å². The third kappa shape index (κ3) is 5.17. The lowest BCUT2D eigenvalue weighted by atomic mass is 10.1. The zero-order valence-corrected chi connectivity index (χ0v) is 14.5. The molecule has 0 saturated carbocycles.